The topological polar surface area (TPSA) is 21.3 Å². The molecular weight excluding hydrogens is 258 g/mol. The Balaban J connectivity index is 1.46. The number of hydrogen-bond acceptors (Lipinski definition) is 2. The van der Waals surface area contributed by atoms with E-state index >= 15 is 0 Å². The van der Waals surface area contributed by atoms with Crippen molar-refractivity contribution in [3.63, 3.8) is 0 Å². The fourth-order valence-corrected chi connectivity index (χ4v) is 3.80. The van der Waals surface area contributed by atoms with Gasteiger partial charge in [-0.25, -0.2) is 0 Å². The molecule has 0 spiro atoms. The molecule has 0 aromatic heterocycles. The van der Waals surface area contributed by atoms with Crippen LogP contribution < -0.4 is 5.32 Å². The smallest absolute Gasteiger partial charge is 0.0655 e. The van der Waals surface area contributed by atoms with Crippen molar-refractivity contribution in [2.24, 2.45) is 5.41 Å². The highest BCUT2D eigenvalue weighted by molar-refractivity contribution is 5.27. The lowest BCUT2D eigenvalue weighted by atomic mass is 9.63. The van der Waals surface area contributed by atoms with Gasteiger partial charge in [0.25, 0.3) is 0 Å². The Labute approximate surface area is 129 Å². The number of nitrogens with one attached hydrogen (secondary N) is 1. The van der Waals surface area contributed by atoms with E-state index in [2.05, 4.69) is 57.3 Å². The second-order valence-electron chi connectivity index (χ2n) is 7.50. The molecule has 2 saturated carbocycles. The van der Waals surface area contributed by atoms with Crippen LogP contribution in [0.3, 0.4) is 0 Å². The summed E-state index contributed by atoms with van der Waals surface area (Å²) < 4.78 is 5.82. The molecule has 0 saturated heterocycles. The Bertz CT molecular complexity index is 473. The molecule has 2 unspecified atom stereocenters. The minimum atomic E-state index is 0.283. The summed E-state index contributed by atoms with van der Waals surface area (Å²) in [7, 11) is 0. The number of hydrogen-bond donors (Lipinski definition) is 1. The van der Waals surface area contributed by atoms with Gasteiger partial charge < -0.3 is 10.1 Å². The molecule has 2 aliphatic carbocycles. The number of ether oxygens (including phenoxy) is 1. The lowest BCUT2D eigenvalue weighted by molar-refractivity contribution is -0.118. The highest BCUT2D eigenvalue weighted by Crippen LogP contribution is 2.45. The van der Waals surface area contributed by atoms with Gasteiger partial charge in [0.1, 0.15) is 0 Å². The number of aryl methyl sites for hydroxylation is 1. The van der Waals surface area contributed by atoms with E-state index < -0.39 is 0 Å². The van der Waals surface area contributed by atoms with Crippen LogP contribution in [-0.4, -0.2) is 24.8 Å². The minimum absolute atomic E-state index is 0.283. The molecule has 1 aromatic rings. The van der Waals surface area contributed by atoms with Gasteiger partial charge in [0, 0.05) is 24.1 Å². The van der Waals surface area contributed by atoms with Crippen LogP contribution in [-0.2, 0) is 4.74 Å². The molecule has 0 amide bonds. The van der Waals surface area contributed by atoms with Crippen LogP contribution in [0.5, 0.6) is 0 Å². The number of benzene rings is 1. The van der Waals surface area contributed by atoms with Crippen molar-refractivity contribution < 1.29 is 4.74 Å². The lowest BCUT2D eigenvalue weighted by Crippen LogP contribution is -2.64. The monoisotopic (exact) mass is 287 g/mol. The standard InChI is InChI=1S/C19H29NO/c1-5-21-18-12-17(19(18,3)4)20-16-10-15(11-16)14-8-6-13(2)7-9-14/h6-9,15-18,20H,5,10-12H2,1-4H3. The molecule has 1 N–H and O–H groups in total. The van der Waals surface area contributed by atoms with Gasteiger partial charge in [0.05, 0.1) is 6.10 Å². The van der Waals surface area contributed by atoms with E-state index in [1.807, 2.05) is 0 Å². The molecule has 2 heteroatoms. The predicted octanol–water partition coefficient (Wildman–Crippen LogP) is 4.03. The van der Waals surface area contributed by atoms with Gasteiger partial charge in [-0.2, -0.15) is 0 Å². The molecule has 116 valence electrons. The summed E-state index contributed by atoms with van der Waals surface area (Å²) in [4.78, 5) is 0. The molecule has 1 aromatic carbocycles. The Morgan fingerprint density at radius 3 is 2.38 bits per heavy atom. The van der Waals surface area contributed by atoms with Crippen LogP contribution in [0.15, 0.2) is 24.3 Å². The van der Waals surface area contributed by atoms with E-state index in [0.29, 0.717) is 18.2 Å². The third-order valence-electron chi connectivity index (χ3n) is 5.67. The Hall–Kier alpha value is -0.860. The highest BCUT2D eigenvalue weighted by Gasteiger charge is 2.50. The van der Waals surface area contributed by atoms with E-state index in [-0.39, 0.29) is 5.41 Å². The first kappa shape index (κ1) is 15.1. The summed E-state index contributed by atoms with van der Waals surface area (Å²) >= 11 is 0. The Kier molecular flexibility index (Phi) is 4.11. The molecule has 0 aliphatic heterocycles. The maximum atomic E-state index is 5.82. The van der Waals surface area contributed by atoms with Crippen molar-refractivity contribution in [3.8, 4) is 0 Å². The summed E-state index contributed by atoms with van der Waals surface area (Å²) in [6, 6.07) is 10.4. The van der Waals surface area contributed by atoms with E-state index in [1.165, 1.54) is 30.4 Å². The maximum absolute atomic E-state index is 5.82. The second kappa shape index (κ2) is 5.73. The molecule has 3 rings (SSSR count). The van der Waals surface area contributed by atoms with Gasteiger partial charge >= 0.3 is 0 Å². The summed E-state index contributed by atoms with van der Waals surface area (Å²) in [5, 5.41) is 3.86. The molecule has 21 heavy (non-hydrogen) atoms. The summed E-state index contributed by atoms with van der Waals surface area (Å²) in [6.07, 6.45) is 4.18. The van der Waals surface area contributed by atoms with E-state index in [4.69, 9.17) is 4.74 Å². The van der Waals surface area contributed by atoms with Crippen LogP contribution in [0, 0.1) is 12.3 Å². The molecule has 0 radical (unpaired) electrons. The van der Waals surface area contributed by atoms with Gasteiger partial charge in [-0.3, -0.25) is 0 Å². The molecule has 2 atom stereocenters. The molecule has 0 heterocycles. The van der Waals surface area contributed by atoms with Crippen LogP contribution in [0.2, 0.25) is 0 Å². The first-order valence-electron chi connectivity index (χ1n) is 8.45. The van der Waals surface area contributed by atoms with Gasteiger partial charge in [-0.1, -0.05) is 43.7 Å². The zero-order valence-electron chi connectivity index (χ0n) is 13.9. The van der Waals surface area contributed by atoms with Gasteiger partial charge in [-0.05, 0) is 44.6 Å². The fourth-order valence-electron chi connectivity index (χ4n) is 3.80. The summed E-state index contributed by atoms with van der Waals surface area (Å²) in [5.41, 5.74) is 3.15. The first-order chi connectivity index (χ1) is 10.0. The van der Waals surface area contributed by atoms with E-state index in [9.17, 15) is 0 Å². The molecular formula is C19H29NO. The van der Waals surface area contributed by atoms with Crippen molar-refractivity contribution in [1.82, 2.24) is 5.32 Å². The SMILES string of the molecule is CCOC1CC(NC2CC(c3ccc(C)cc3)C2)C1(C)C. The normalized spacial score (nSPS) is 34.1. The van der Waals surface area contributed by atoms with Crippen molar-refractivity contribution in [1.29, 1.82) is 0 Å². The quantitative estimate of drug-likeness (QED) is 0.882. The zero-order valence-corrected chi connectivity index (χ0v) is 13.9. The largest absolute Gasteiger partial charge is 0.378 e. The van der Waals surface area contributed by atoms with E-state index in [0.717, 1.165) is 12.5 Å². The highest BCUT2D eigenvalue weighted by atomic mass is 16.5. The van der Waals surface area contributed by atoms with Crippen LogP contribution >= 0.6 is 0 Å². The predicted molar refractivity (Wildman–Crippen MR) is 87.7 cm³/mol. The first-order valence-corrected chi connectivity index (χ1v) is 8.45. The van der Waals surface area contributed by atoms with Crippen LogP contribution in [0.1, 0.15) is 57.1 Å². The molecule has 2 aliphatic rings. The van der Waals surface area contributed by atoms with Crippen LogP contribution in [0.25, 0.3) is 0 Å². The minimum Gasteiger partial charge on any atom is -0.378 e. The third kappa shape index (κ3) is 2.89. The second-order valence-corrected chi connectivity index (χ2v) is 7.50. The van der Waals surface area contributed by atoms with Gasteiger partial charge in [0.15, 0.2) is 0 Å². The van der Waals surface area contributed by atoms with Crippen molar-refractivity contribution in [3.05, 3.63) is 35.4 Å². The van der Waals surface area contributed by atoms with Gasteiger partial charge in [-0.15, -0.1) is 0 Å². The summed E-state index contributed by atoms with van der Waals surface area (Å²) in [5.74, 6) is 0.758. The molecule has 2 fully saturated rings. The van der Waals surface area contributed by atoms with Gasteiger partial charge in [0.2, 0.25) is 0 Å². The average molecular weight is 287 g/mol. The molecule has 2 nitrogen and oxygen atoms in total. The Morgan fingerprint density at radius 1 is 1.14 bits per heavy atom. The zero-order chi connectivity index (χ0) is 15.0. The Morgan fingerprint density at radius 2 is 1.81 bits per heavy atom. The van der Waals surface area contributed by atoms with Crippen molar-refractivity contribution in [2.45, 2.75) is 71.1 Å². The molecule has 0 bridgehead atoms. The van der Waals surface area contributed by atoms with Crippen molar-refractivity contribution in [2.75, 3.05) is 6.61 Å². The summed E-state index contributed by atoms with van der Waals surface area (Å²) in [6.45, 7) is 9.76. The lowest BCUT2D eigenvalue weighted by Gasteiger charge is -2.54. The van der Waals surface area contributed by atoms with Crippen molar-refractivity contribution >= 4 is 0 Å². The van der Waals surface area contributed by atoms with E-state index in [1.54, 1.807) is 0 Å². The van der Waals surface area contributed by atoms with Crippen LogP contribution in [0.4, 0.5) is 0 Å². The fraction of sp³-hybridized carbons (Fsp3) is 0.684. The average Bonchev–Trinajstić information content (AvgIpc) is 2.41. The maximum Gasteiger partial charge on any atom is 0.0655 e. The third-order valence-corrected chi connectivity index (χ3v) is 5.67. The number of rotatable bonds is 5.